The third kappa shape index (κ3) is 4.32. The number of rotatable bonds is 5. The molecule has 1 unspecified atom stereocenters. The molecule has 0 saturated carbocycles. The molecule has 0 fully saturated rings. The smallest absolute Gasteiger partial charge is 0.234 e. The number of anilines is 1. The Morgan fingerprint density at radius 2 is 1.72 bits per heavy atom. The molecule has 1 amide bonds. The quantitative estimate of drug-likeness (QED) is 0.812. The fourth-order valence-corrected chi connectivity index (χ4v) is 1.80. The number of ketones is 1. The fourth-order valence-electron chi connectivity index (χ4n) is 1.80. The number of carbonyl (C=O) groups is 2. The van der Waals surface area contributed by atoms with Crippen molar-refractivity contribution in [1.82, 2.24) is 0 Å². The molecule has 0 aromatic heterocycles. The SMILES string of the molecule is CC(=O)C(CC(C)C)C(=O)Nc1ccc(C)cc1. The van der Waals surface area contributed by atoms with Crippen molar-refractivity contribution in [1.29, 1.82) is 0 Å². The minimum Gasteiger partial charge on any atom is -0.325 e. The van der Waals surface area contributed by atoms with Gasteiger partial charge in [0.05, 0.1) is 5.92 Å². The van der Waals surface area contributed by atoms with E-state index in [-0.39, 0.29) is 11.7 Å². The number of hydrogen-bond donors (Lipinski definition) is 1. The first kappa shape index (κ1) is 14.4. The topological polar surface area (TPSA) is 46.2 Å². The van der Waals surface area contributed by atoms with Gasteiger partial charge in [-0.15, -0.1) is 0 Å². The number of aryl methyl sites for hydroxylation is 1. The van der Waals surface area contributed by atoms with Gasteiger partial charge in [0.15, 0.2) is 0 Å². The van der Waals surface area contributed by atoms with Crippen molar-refractivity contribution < 1.29 is 9.59 Å². The Kier molecular flexibility index (Phi) is 5.08. The number of Topliss-reactive ketones (excluding diaryl/α,β-unsaturated/α-hetero) is 1. The minimum atomic E-state index is -0.550. The summed E-state index contributed by atoms with van der Waals surface area (Å²) in [5.74, 6) is -0.512. The van der Waals surface area contributed by atoms with Crippen molar-refractivity contribution in [3.8, 4) is 0 Å². The summed E-state index contributed by atoms with van der Waals surface area (Å²) in [6.45, 7) is 7.48. The van der Waals surface area contributed by atoms with E-state index in [2.05, 4.69) is 5.32 Å². The Balaban J connectivity index is 2.72. The highest BCUT2D eigenvalue weighted by atomic mass is 16.2. The first-order valence-corrected chi connectivity index (χ1v) is 6.28. The van der Waals surface area contributed by atoms with Crippen molar-refractivity contribution in [3.63, 3.8) is 0 Å². The lowest BCUT2D eigenvalue weighted by Gasteiger charge is -2.16. The van der Waals surface area contributed by atoms with E-state index in [1.165, 1.54) is 6.92 Å². The summed E-state index contributed by atoms with van der Waals surface area (Å²) < 4.78 is 0. The molecule has 0 aliphatic rings. The molecule has 18 heavy (non-hydrogen) atoms. The summed E-state index contributed by atoms with van der Waals surface area (Å²) in [7, 11) is 0. The number of carbonyl (C=O) groups excluding carboxylic acids is 2. The van der Waals surface area contributed by atoms with Gasteiger partial charge in [-0.3, -0.25) is 9.59 Å². The average molecular weight is 247 g/mol. The van der Waals surface area contributed by atoms with Gasteiger partial charge < -0.3 is 5.32 Å². The zero-order valence-corrected chi connectivity index (χ0v) is 11.5. The summed E-state index contributed by atoms with van der Waals surface area (Å²) in [6, 6.07) is 7.56. The van der Waals surface area contributed by atoms with Gasteiger partial charge in [-0.25, -0.2) is 0 Å². The number of nitrogens with one attached hydrogen (secondary N) is 1. The standard InChI is InChI=1S/C15H21NO2/c1-10(2)9-14(12(4)17)15(18)16-13-7-5-11(3)6-8-13/h5-8,10,14H,9H2,1-4H3,(H,16,18). The minimum absolute atomic E-state index is 0.0756. The zero-order valence-electron chi connectivity index (χ0n) is 11.5. The van der Waals surface area contributed by atoms with Crippen LogP contribution in [0.15, 0.2) is 24.3 Å². The van der Waals surface area contributed by atoms with E-state index < -0.39 is 5.92 Å². The molecular formula is C15H21NO2. The Morgan fingerprint density at radius 3 is 2.17 bits per heavy atom. The van der Waals surface area contributed by atoms with Gasteiger partial charge in [-0.2, -0.15) is 0 Å². The first-order chi connectivity index (χ1) is 8.40. The third-order valence-electron chi connectivity index (χ3n) is 2.83. The highest BCUT2D eigenvalue weighted by molar-refractivity contribution is 6.06. The van der Waals surface area contributed by atoms with E-state index in [9.17, 15) is 9.59 Å². The second-order valence-electron chi connectivity index (χ2n) is 5.15. The summed E-state index contributed by atoms with van der Waals surface area (Å²) in [4.78, 5) is 23.5. The Labute approximate surface area is 109 Å². The first-order valence-electron chi connectivity index (χ1n) is 6.28. The van der Waals surface area contributed by atoms with E-state index in [4.69, 9.17) is 0 Å². The highest BCUT2D eigenvalue weighted by Gasteiger charge is 2.24. The van der Waals surface area contributed by atoms with Crippen molar-refractivity contribution in [2.75, 3.05) is 5.32 Å². The van der Waals surface area contributed by atoms with E-state index in [0.29, 0.717) is 12.3 Å². The lowest BCUT2D eigenvalue weighted by molar-refractivity contribution is -0.130. The summed E-state index contributed by atoms with van der Waals surface area (Å²) >= 11 is 0. The molecule has 0 bridgehead atoms. The average Bonchev–Trinajstić information content (AvgIpc) is 2.28. The van der Waals surface area contributed by atoms with E-state index in [0.717, 1.165) is 11.3 Å². The molecule has 1 rings (SSSR count). The van der Waals surface area contributed by atoms with E-state index >= 15 is 0 Å². The predicted octanol–water partition coefficient (Wildman–Crippen LogP) is 3.18. The van der Waals surface area contributed by atoms with Crippen molar-refractivity contribution >= 4 is 17.4 Å². The van der Waals surface area contributed by atoms with Gasteiger partial charge in [0, 0.05) is 5.69 Å². The Hall–Kier alpha value is -1.64. The van der Waals surface area contributed by atoms with Crippen LogP contribution < -0.4 is 5.32 Å². The predicted molar refractivity (Wildman–Crippen MR) is 73.4 cm³/mol. The van der Waals surface area contributed by atoms with Crippen LogP contribution in [0.3, 0.4) is 0 Å². The molecule has 0 aliphatic carbocycles. The molecule has 0 spiro atoms. The van der Waals surface area contributed by atoms with Crippen LogP contribution in [-0.2, 0) is 9.59 Å². The second-order valence-corrected chi connectivity index (χ2v) is 5.15. The molecule has 1 atom stereocenters. The maximum Gasteiger partial charge on any atom is 0.234 e. The number of benzene rings is 1. The van der Waals surface area contributed by atoms with Crippen LogP contribution >= 0.6 is 0 Å². The van der Waals surface area contributed by atoms with Crippen molar-refractivity contribution in [3.05, 3.63) is 29.8 Å². The van der Waals surface area contributed by atoms with Gasteiger partial charge in [-0.1, -0.05) is 31.5 Å². The molecule has 3 nitrogen and oxygen atoms in total. The fraction of sp³-hybridized carbons (Fsp3) is 0.467. The van der Waals surface area contributed by atoms with E-state index in [1.807, 2.05) is 45.0 Å². The zero-order chi connectivity index (χ0) is 13.7. The molecule has 3 heteroatoms. The van der Waals surface area contributed by atoms with E-state index in [1.54, 1.807) is 0 Å². The molecule has 0 saturated heterocycles. The normalized spacial score (nSPS) is 12.3. The van der Waals surface area contributed by atoms with Gasteiger partial charge in [-0.05, 0) is 38.3 Å². The molecule has 0 radical (unpaired) electrons. The van der Waals surface area contributed by atoms with Crippen LogP contribution in [-0.4, -0.2) is 11.7 Å². The van der Waals surface area contributed by atoms with Crippen molar-refractivity contribution in [2.24, 2.45) is 11.8 Å². The van der Waals surface area contributed by atoms with Gasteiger partial charge in [0.2, 0.25) is 5.91 Å². The maximum atomic E-state index is 12.0. The highest BCUT2D eigenvalue weighted by Crippen LogP contribution is 2.16. The monoisotopic (exact) mass is 247 g/mol. The van der Waals surface area contributed by atoms with Crippen LogP contribution in [0.5, 0.6) is 0 Å². The van der Waals surface area contributed by atoms with Crippen LogP contribution in [0.4, 0.5) is 5.69 Å². The van der Waals surface area contributed by atoms with Crippen molar-refractivity contribution in [2.45, 2.75) is 34.1 Å². The molecule has 1 N–H and O–H groups in total. The molecular weight excluding hydrogens is 226 g/mol. The molecule has 1 aromatic rings. The lowest BCUT2D eigenvalue weighted by atomic mass is 9.93. The summed E-state index contributed by atoms with van der Waals surface area (Å²) in [5.41, 5.74) is 1.87. The van der Waals surface area contributed by atoms with Crippen LogP contribution in [0.1, 0.15) is 32.8 Å². The largest absolute Gasteiger partial charge is 0.325 e. The Morgan fingerprint density at radius 1 is 1.17 bits per heavy atom. The number of hydrogen-bond acceptors (Lipinski definition) is 2. The van der Waals surface area contributed by atoms with Gasteiger partial charge in [0.1, 0.15) is 5.78 Å². The summed E-state index contributed by atoms with van der Waals surface area (Å²) in [6.07, 6.45) is 0.590. The number of amides is 1. The van der Waals surface area contributed by atoms with Gasteiger partial charge >= 0.3 is 0 Å². The second kappa shape index (κ2) is 6.34. The Bertz CT molecular complexity index is 421. The third-order valence-corrected chi connectivity index (χ3v) is 2.83. The van der Waals surface area contributed by atoms with Gasteiger partial charge in [0.25, 0.3) is 0 Å². The van der Waals surface area contributed by atoms with Crippen LogP contribution in [0, 0.1) is 18.8 Å². The lowest BCUT2D eigenvalue weighted by Crippen LogP contribution is -2.29. The maximum absolute atomic E-state index is 12.0. The summed E-state index contributed by atoms with van der Waals surface area (Å²) in [5, 5.41) is 2.80. The molecule has 0 heterocycles. The molecule has 98 valence electrons. The van der Waals surface area contributed by atoms with Crippen LogP contribution in [0.25, 0.3) is 0 Å². The van der Waals surface area contributed by atoms with Crippen LogP contribution in [0.2, 0.25) is 0 Å². The molecule has 0 aliphatic heterocycles. The molecule has 1 aromatic carbocycles.